The summed E-state index contributed by atoms with van der Waals surface area (Å²) in [4.78, 5) is 21.9. The van der Waals surface area contributed by atoms with E-state index in [0.29, 0.717) is 23.6 Å². The van der Waals surface area contributed by atoms with Gasteiger partial charge in [0.05, 0.1) is 12.5 Å². The highest BCUT2D eigenvalue weighted by atomic mass is 16.2. The molecule has 1 aromatic carbocycles. The number of aromatic nitrogens is 2. The summed E-state index contributed by atoms with van der Waals surface area (Å²) >= 11 is 0. The third-order valence-electron chi connectivity index (χ3n) is 5.60. The van der Waals surface area contributed by atoms with E-state index in [9.17, 15) is 4.79 Å². The maximum absolute atomic E-state index is 12.8. The minimum atomic E-state index is 0.117. The summed E-state index contributed by atoms with van der Waals surface area (Å²) < 4.78 is 0. The first-order valence-electron chi connectivity index (χ1n) is 8.69. The summed E-state index contributed by atoms with van der Waals surface area (Å²) in [5, 5.41) is 0. The van der Waals surface area contributed by atoms with E-state index in [2.05, 4.69) is 45.2 Å². The second-order valence-electron chi connectivity index (χ2n) is 6.79. The predicted octanol–water partition coefficient (Wildman–Crippen LogP) is 3.60. The lowest BCUT2D eigenvalue weighted by molar-refractivity contribution is 0.0314. The zero-order valence-electron chi connectivity index (χ0n) is 13.3. The van der Waals surface area contributed by atoms with E-state index in [1.165, 1.54) is 24.8 Å². The molecule has 0 radical (unpaired) electrons. The van der Waals surface area contributed by atoms with Crippen LogP contribution in [0.1, 0.15) is 54.1 Å². The van der Waals surface area contributed by atoms with Gasteiger partial charge in [-0.3, -0.25) is 4.79 Å². The molecule has 4 rings (SSSR count). The van der Waals surface area contributed by atoms with Gasteiger partial charge >= 0.3 is 0 Å². The van der Waals surface area contributed by atoms with Gasteiger partial charge in [-0.15, -0.1) is 0 Å². The molecule has 1 N–H and O–H groups in total. The summed E-state index contributed by atoms with van der Waals surface area (Å²) in [6, 6.07) is 11.2. The number of imidazole rings is 1. The molecule has 2 fully saturated rings. The van der Waals surface area contributed by atoms with Gasteiger partial charge in [0.1, 0.15) is 5.69 Å². The number of hydrogen-bond acceptors (Lipinski definition) is 2. The van der Waals surface area contributed by atoms with E-state index in [1.807, 2.05) is 0 Å². The summed E-state index contributed by atoms with van der Waals surface area (Å²) in [6.45, 7) is 0.846. The molecule has 1 aromatic heterocycles. The zero-order chi connectivity index (χ0) is 15.6. The Bertz CT molecular complexity index is 653. The number of carbonyl (C=O) groups is 1. The van der Waals surface area contributed by atoms with Gasteiger partial charge in [-0.05, 0) is 36.7 Å². The molecular weight excluding hydrogens is 286 g/mol. The SMILES string of the molecule is O=C(c1cnc[nH]1)N1CC[C@H](c2ccccc2)[C@H]2CCCC[C@H]21. The van der Waals surface area contributed by atoms with Crippen molar-refractivity contribution < 1.29 is 4.79 Å². The van der Waals surface area contributed by atoms with E-state index in [0.717, 1.165) is 19.4 Å². The number of nitrogens with one attached hydrogen (secondary N) is 1. The first-order valence-corrected chi connectivity index (χ1v) is 8.69. The number of piperidine rings is 1. The molecule has 1 aliphatic carbocycles. The van der Waals surface area contributed by atoms with Crippen molar-refractivity contribution in [2.75, 3.05) is 6.54 Å². The summed E-state index contributed by atoms with van der Waals surface area (Å²) in [5.41, 5.74) is 2.06. The fraction of sp³-hybridized carbons (Fsp3) is 0.474. The number of benzene rings is 1. The van der Waals surface area contributed by atoms with Crippen molar-refractivity contribution in [1.82, 2.24) is 14.9 Å². The maximum atomic E-state index is 12.8. The smallest absolute Gasteiger partial charge is 0.272 e. The fourth-order valence-corrected chi connectivity index (χ4v) is 4.55. The van der Waals surface area contributed by atoms with Crippen LogP contribution in [0.25, 0.3) is 0 Å². The summed E-state index contributed by atoms with van der Waals surface area (Å²) in [5.74, 6) is 1.30. The zero-order valence-corrected chi connectivity index (χ0v) is 13.3. The van der Waals surface area contributed by atoms with Gasteiger partial charge in [-0.25, -0.2) is 4.98 Å². The first kappa shape index (κ1) is 14.5. The van der Waals surface area contributed by atoms with Crippen LogP contribution in [0.5, 0.6) is 0 Å². The van der Waals surface area contributed by atoms with Crippen LogP contribution in [0.15, 0.2) is 42.9 Å². The van der Waals surface area contributed by atoms with Crippen molar-refractivity contribution in [3.63, 3.8) is 0 Å². The van der Waals surface area contributed by atoms with Crippen LogP contribution in [0.4, 0.5) is 0 Å². The lowest BCUT2D eigenvalue weighted by atomic mass is 9.69. The molecule has 2 aliphatic rings. The number of fused-ring (bicyclic) bond motifs is 1. The number of likely N-dealkylation sites (tertiary alicyclic amines) is 1. The Balaban J connectivity index is 1.60. The van der Waals surface area contributed by atoms with Gasteiger partial charge in [0.2, 0.25) is 0 Å². The number of aromatic amines is 1. The standard InChI is InChI=1S/C19H23N3O/c23-19(17-12-20-13-21-17)22-11-10-15(14-6-2-1-3-7-14)16-8-4-5-9-18(16)22/h1-3,6-7,12-13,15-16,18H,4-5,8-11H2,(H,20,21)/t15-,16-,18-/m1/s1. The van der Waals surface area contributed by atoms with E-state index in [-0.39, 0.29) is 5.91 Å². The van der Waals surface area contributed by atoms with Crippen molar-refractivity contribution in [1.29, 1.82) is 0 Å². The quantitative estimate of drug-likeness (QED) is 0.921. The van der Waals surface area contributed by atoms with Gasteiger partial charge in [0, 0.05) is 12.6 Å². The van der Waals surface area contributed by atoms with Crippen LogP contribution in [-0.2, 0) is 0 Å². The van der Waals surface area contributed by atoms with Gasteiger partial charge in [0.25, 0.3) is 5.91 Å². The lowest BCUT2D eigenvalue weighted by Gasteiger charge is -2.48. The first-order chi connectivity index (χ1) is 11.3. The number of amides is 1. The minimum Gasteiger partial charge on any atom is -0.341 e. The molecule has 23 heavy (non-hydrogen) atoms. The number of H-pyrrole nitrogens is 1. The van der Waals surface area contributed by atoms with Crippen LogP contribution < -0.4 is 0 Å². The highest BCUT2D eigenvalue weighted by molar-refractivity contribution is 5.92. The van der Waals surface area contributed by atoms with E-state index >= 15 is 0 Å². The lowest BCUT2D eigenvalue weighted by Crippen LogP contribution is -2.52. The van der Waals surface area contributed by atoms with Crippen LogP contribution in [0.3, 0.4) is 0 Å². The Kier molecular flexibility index (Phi) is 3.90. The number of carbonyl (C=O) groups excluding carboxylic acids is 1. The highest BCUT2D eigenvalue weighted by Gasteiger charge is 2.42. The minimum absolute atomic E-state index is 0.117. The fourth-order valence-electron chi connectivity index (χ4n) is 4.55. The molecule has 2 heterocycles. The third-order valence-corrected chi connectivity index (χ3v) is 5.60. The second kappa shape index (κ2) is 6.19. The molecule has 1 amide bonds. The average molecular weight is 309 g/mol. The molecule has 0 spiro atoms. The Morgan fingerprint density at radius 3 is 2.74 bits per heavy atom. The number of hydrogen-bond donors (Lipinski definition) is 1. The predicted molar refractivity (Wildman–Crippen MR) is 89.2 cm³/mol. The maximum Gasteiger partial charge on any atom is 0.272 e. The second-order valence-corrected chi connectivity index (χ2v) is 6.79. The third kappa shape index (κ3) is 2.67. The topological polar surface area (TPSA) is 49.0 Å². The molecule has 0 unspecified atom stereocenters. The normalized spacial score (nSPS) is 27.5. The molecule has 1 saturated carbocycles. The Morgan fingerprint density at radius 2 is 1.96 bits per heavy atom. The highest BCUT2D eigenvalue weighted by Crippen LogP contribution is 2.44. The molecule has 4 heteroatoms. The molecule has 120 valence electrons. The number of nitrogens with zero attached hydrogens (tertiary/aromatic N) is 2. The largest absolute Gasteiger partial charge is 0.341 e. The Labute approximate surface area is 136 Å². The van der Waals surface area contributed by atoms with Crippen molar-refractivity contribution in [2.45, 2.75) is 44.1 Å². The van der Waals surface area contributed by atoms with Crippen molar-refractivity contribution in [2.24, 2.45) is 5.92 Å². The van der Waals surface area contributed by atoms with Gasteiger partial charge in [-0.1, -0.05) is 43.2 Å². The Hall–Kier alpha value is -2.10. The Morgan fingerprint density at radius 1 is 1.13 bits per heavy atom. The molecule has 2 aromatic rings. The van der Waals surface area contributed by atoms with Crippen LogP contribution in [0.2, 0.25) is 0 Å². The molecular formula is C19H23N3O. The van der Waals surface area contributed by atoms with Crippen LogP contribution >= 0.6 is 0 Å². The summed E-state index contributed by atoms with van der Waals surface area (Å²) in [6.07, 6.45) is 9.17. The van der Waals surface area contributed by atoms with E-state index in [4.69, 9.17) is 0 Å². The number of rotatable bonds is 2. The van der Waals surface area contributed by atoms with Crippen molar-refractivity contribution in [3.8, 4) is 0 Å². The van der Waals surface area contributed by atoms with Crippen LogP contribution in [0, 0.1) is 5.92 Å². The van der Waals surface area contributed by atoms with E-state index in [1.54, 1.807) is 12.5 Å². The van der Waals surface area contributed by atoms with Crippen LogP contribution in [-0.4, -0.2) is 33.4 Å². The molecule has 4 nitrogen and oxygen atoms in total. The molecule has 0 bridgehead atoms. The molecule has 1 aliphatic heterocycles. The monoisotopic (exact) mass is 309 g/mol. The molecule has 3 atom stereocenters. The van der Waals surface area contributed by atoms with E-state index < -0.39 is 0 Å². The van der Waals surface area contributed by atoms with Crippen molar-refractivity contribution in [3.05, 3.63) is 54.1 Å². The van der Waals surface area contributed by atoms with Crippen molar-refractivity contribution >= 4 is 5.91 Å². The average Bonchev–Trinajstić information content (AvgIpc) is 3.15. The van der Waals surface area contributed by atoms with Gasteiger partial charge < -0.3 is 9.88 Å². The summed E-state index contributed by atoms with van der Waals surface area (Å²) in [7, 11) is 0. The van der Waals surface area contributed by atoms with Gasteiger partial charge in [-0.2, -0.15) is 0 Å². The van der Waals surface area contributed by atoms with Gasteiger partial charge in [0.15, 0.2) is 0 Å². The molecule has 1 saturated heterocycles.